The van der Waals surface area contributed by atoms with Crippen molar-refractivity contribution in [3.05, 3.63) is 69.8 Å². The van der Waals surface area contributed by atoms with E-state index in [9.17, 15) is 0 Å². The molecular weight excluding hydrogens is 347 g/mol. The van der Waals surface area contributed by atoms with Gasteiger partial charge >= 0.3 is 0 Å². The maximum atomic E-state index is 6.02. The highest BCUT2D eigenvalue weighted by Gasteiger charge is 2.11. The predicted octanol–water partition coefficient (Wildman–Crippen LogP) is 5.53. The van der Waals surface area contributed by atoms with Crippen molar-refractivity contribution in [1.29, 1.82) is 0 Å². The Labute approximate surface area is 126 Å². The molecule has 0 aliphatic rings. The van der Waals surface area contributed by atoms with Crippen LogP contribution < -0.4 is 0 Å². The molecule has 0 aliphatic carbocycles. The second kappa shape index (κ2) is 5.21. The lowest BCUT2D eigenvalue weighted by Gasteiger charge is -1.99. The molecule has 3 rings (SSSR count). The van der Waals surface area contributed by atoms with Gasteiger partial charge in [0.05, 0.1) is 3.57 Å². The number of rotatable bonds is 2. The Balaban J connectivity index is 2.04. The molecule has 0 N–H and O–H groups in total. The first-order chi connectivity index (χ1) is 9.24. The zero-order chi connectivity index (χ0) is 13.2. The van der Waals surface area contributed by atoms with Crippen molar-refractivity contribution in [3.63, 3.8) is 0 Å². The van der Waals surface area contributed by atoms with Crippen LogP contribution in [-0.4, -0.2) is 0 Å². The van der Waals surface area contributed by atoms with Crippen molar-refractivity contribution < 1.29 is 4.42 Å². The van der Waals surface area contributed by atoms with E-state index in [1.807, 2.05) is 18.2 Å². The summed E-state index contributed by atoms with van der Waals surface area (Å²) in [4.78, 5) is 0. The van der Waals surface area contributed by atoms with Crippen molar-refractivity contribution in [3.8, 4) is 22.6 Å². The van der Waals surface area contributed by atoms with Gasteiger partial charge in [0.1, 0.15) is 11.5 Å². The van der Waals surface area contributed by atoms with Crippen LogP contribution in [0.15, 0.2) is 65.1 Å². The van der Waals surface area contributed by atoms with E-state index in [2.05, 4.69) is 72.0 Å². The van der Waals surface area contributed by atoms with Crippen molar-refractivity contribution in [2.75, 3.05) is 0 Å². The Morgan fingerprint density at radius 1 is 0.842 bits per heavy atom. The molecule has 0 radical (unpaired) electrons. The van der Waals surface area contributed by atoms with Gasteiger partial charge in [0.15, 0.2) is 0 Å². The van der Waals surface area contributed by atoms with Crippen LogP contribution in [0.5, 0.6) is 0 Å². The molecule has 2 heteroatoms. The molecule has 0 fully saturated rings. The first-order valence-corrected chi connectivity index (χ1v) is 7.24. The Bertz CT molecular complexity index is 681. The molecule has 0 atom stereocenters. The number of hydrogen-bond acceptors (Lipinski definition) is 1. The van der Waals surface area contributed by atoms with Gasteiger partial charge in [-0.15, -0.1) is 0 Å². The summed E-state index contributed by atoms with van der Waals surface area (Å²) in [5, 5.41) is 0. The van der Waals surface area contributed by atoms with Gasteiger partial charge in [-0.05, 0) is 35.6 Å². The van der Waals surface area contributed by atoms with Crippen molar-refractivity contribution in [1.82, 2.24) is 0 Å². The quantitative estimate of drug-likeness (QED) is 0.548. The van der Waals surface area contributed by atoms with Crippen LogP contribution in [0.25, 0.3) is 22.6 Å². The molecule has 0 aliphatic heterocycles. The maximum absolute atomic E-state index is 6.02. The second-order valence-electron chi connectivity index (χ2n) is 4.52. The highest BCUT2D eigenvalue weighted by molar-refractivity contribution is 14.1. The highest BCUT2D eigenvalue weighted by atomic mass is 127. The number of benzene rings is 2. The lowest BCUT2D eigenvalue weighted by Crippen LogP contribution is -1.75. The van der Waals surface area contributed by atoms with Crippen molar-refractivity contribution in [2.24, 2.45) is 0 Å². The van der Waals surface area contributed by atoms with Gasteiger partial charge in [0.2, 0.25) is 0 Å². The van der Waals surface area contributed by atoms with E-state index in [1.54, 1.807) is 0 Å². The molecule has 1 heterocycles. The molecule has 1 aromatic heterocycles. The molecule has 0 unspecified atom stereocenters. The standard InChI is InChI=1S/C17H13IO/c1-12-7-9-13(10-8-12)16-11-15(18)17(19-16)14-5-3-2-4-6-14/h2-11H,1H3. The fourth-order valence-corrected chi connectivity index (χ4v) is 2.72. The van der Waals surface area contributed by atoms with Gasteiger partial charge in [-0.3, -0.25) is 0 Å². The topological polar surface area (TPSA) is 13.1 Å². The molecule has 0 spiro atoms. The summed E-state index contributed by atoms with van der Waals surface area (Å²) in [6, 6.07) is 20.7. The number of halogens is 1. The summed E-state index contributed by atoms with van der Waals surface area (Å²) in [6.07, 6.45) is 0. The third-order valence-electron chi connectivity index (χ3n) is 3.06. The van der Waals surface area contributed by atoms with Gasteiger partial charge in [-0.2, -0.15) is 0 Å². The van der Waals surface area contributed by atoms with E-state index in [0.717, 1.165) is 26.2 Å². The van der Waals surface area contributed by atoms with Gasteiger partial charge in [0, 0.05) is 11.1 Å². The monoisotopic (exact) mass is 360 g/mol. The molecule has 0 saturated carbocycles. The average Bonchev–Trinajstić information content (AvgIpc) is 2.83. The van der Waals surface area contributed by atoms with Crippen LogP contribution in [0.2, 0.25) is 0 Å². The fraction of sp³-hybridized carbons (Fsp3) is 0.0588. The fourth-order valence-electron chi connectivity index (χ4n) is 2.02. The number of furan rings is 1. The minimum Gasteiger partial charge on any atom is -0.455 e. The van der Waals surface area contributed by atoms with Crippen LogP contribution in [0.3, 0.4) is 0 Å². The smallest absolute Gasteiger partial charge is 0.148 e. The lowest BCUT2D eigenvalue weighted by molar-refractivity contribution is 0.596. The summed E-state index contributed by atoms with van der Waals surface area (Å²) < 4.78 is 7.16. The van der Waals surface area contributed by atoms with Gasteiger partial charge < -0.3 is 4.42 Å². The van der Waals surface area contributed by atoms with Crippen LogP contribution in [0.4, 0.5) is 0 Å². The molecule has 94 valence electrons. The molecule has 19 heavy (non-hydrogen) atoms. The average molecular weight is 360 g/mol. The second-order valence-corrected chi connectivity index (χ2v) is 5.68. The summed E-state index contributed by atoms with van der Waals surface area (Å²) in [6.45, 7) is 2.09. The molecule has 3 aromatic rings. The first kappa shape index (κ1) is 12.5. The minimum absolute atomic E-state index is 0.920. The summed E-state index contributed by atoms with van der Waals surface area (Å²) >= 11 is 2.32. The largest absolute Gasteiger partial charge is 0.455 e. The van der Waals surface area contributed by atoms with E-state index in [4.69, 9.17) is 4.42 Å². The normalized spacial score (nSPS) is 10.6. The zero-order valence-corrected chi connectivity index (χ0v) is 12.7. The molecule has 0 bridgehead atoms. The Morgan fingerprint density at radius 2 is 1.53 bits per heavy atom. The Kier molecular flexibility index (Phi) is 3.42. The predicted molar refractivity (Wildman–Crippen MR) is 87.0 cm³/mol. The van der Waals surface area contributed by atoms with E-state index in [-0.39, 0.29) is 0 Å². The summed E-state index contributed by atoms with van der Waals surface area (Å²) in [7, 11) is 0. The van der Waals surface area contributed by atoms with Crippen molar-refractivity contribution in [2.45, 2.75) is 6.92 Å². The third-order valence-corrected chi connectivity index (χ3v) is 3.86. The molecular formula is C17H13IO. The lowest BCUT2D eigenvalue weighted by atomic mass is 10.1. The van der Waals surface area contributed by atoms with Crippen LogP contribution in [0.1, 0.15) is 5.56 Å². The third kappa shape index (κ3) is 2.59. The molecule has 0 amide bonds. The minimum atomic E-state index is 0.920. The van der Waals surface area contributed by atoms with Crippen molar-refractivity contribution >= 4 is 22.6 Å². The van der Waals surface area contributed by atoms with Crippen LogP contribution in [-0.2, 0) is 0 Å². The summed E-state index contributed by atoms with van der Waals surface area (Å²) in [5.74, 6) is 1.86. The van der Waals surface area contributed by atoms with E-state index in [0.29, 0.717) is 0 Å². The van der Waals surface area contributed by atoms with Gasteiger partial charge in [0.25, 0.3) is 0 Å². The van der Waals surface area contributed by atoms with E-state index in [1.165, 1.54) is 5.56 Å². The number of hydrogen-bond donors (Lipinski definition) is 0. The maximum Gasteiger partial charge on any atom is 0.148 e. The Morgan fingerprint density at radius 3 is 2.21 bits per heavy atom. The van der Waals surface area contributed by atoms with Gasteiger partial charge in [-0.1, -0.05) is 60.2 Å². The van der Waals surface area contributed by atoms with E-state index >= 15 is 0 Å². The molecule has 0 saturated heterocycles. The molecule has 1 nitrogen and oxygen atoms in total. The highest BCUT2D eigenvalue weighted by Crippen LogP contribution is 2.33. The van der Waals surface area contributed by atoms with Crippen LogP contribution >= 0.6 is 22.6 Å². The Hall–Kier alpha value is -1.55. The SMILES string of the molecule is Cc1ccc(-c2cc(I)c(-c3ccccc3)o2)cc1. The van der Waals surface area contributed by atoms with Gasteiger partial charge in [-0.25, -0.2) is 0 Å². The molecule has 2 aromatic carbocycles. The van der Waals surface area contributed by atoms with Crippen LogP contribution in [0, 0.1) is 10.5 Å². The number of aryl methyl sites for hydroxylation is 1. The first-order valence-electron chi connectivity index (χ1n) is 6.16. The van der Waals surface area contributed by atoms with E-state index < -0.39 is 0 Å². The summed E-state index contributed by atoms with van der Waals surface area (Å²) in [5.41, 5.74) is 3.49. The zero-order valence-electron chi connectivity index (χ0n) is 10.6.